The molecule has 2 atom stereocenters. The van der Waals surface area contributed by atoms with Crippen LogP contribution in [-0.4, -0.2) is 12.0 Å². The molecule has 0 bridgehead atoms. The van der Waals surface area contributed by atoms with Crippen LogP contribution in [0.15, 0.2) is 42.6 Å². The Hall–Kier alpha value is -1.67. The lowest BCUT2D eigenvalue weighted by atomic mass is 9.94. The second kappa shape index (κ2) is 5.14. The van der Waals surface area contributed by atoms with Crippen LogP contribution in [0.3, 0.4) is 0 Å². The van der Waals surface area contributed by atoms with E-state index in [0.29, 0.717) is 12.0 Å². The van der Waals surface area contributed by atoms with Gasteiger partial charge in [0.25, 0.3) is 0 Å². The largest absolute Gasteiger partial charge is 0.313 e. The van der Waals surface area contributed by atoms with E-state index in [4.69, 9.17) is 0 Å². The van der Waals surface area contributed by atoms with Crippen molar-refractivity contribution in [3.8, 4) is 0 Å². The second-order valence-corrected chi connectivity index (χ2v) is 5.32. The van der Waals surface area contributed by atoms with Crippen LogP contribution in [0, 0.1) is 0 Å². The zero-order chi connectivity index (χ0) is 13.2. The first kappa shape index (κ1) is 12.4. The highest BCUT2D eigenvalue weighted by Gasteiger charge is 2.24. The Morgan fingerprint density at radius 3 is 2.74 bits per heavy atom. The van der Waals surface area contributed by atoms with Crippen LogP contribution in [0.2, 0.25) is 0 Å². The highest BCUT2D eigenvalue weighted by Crippen LogP contribution is 2.36. The lowest BCUT2D eigenvalue weighted by molar-refractivity contribution is 0.651. The summed E-state index contributed by atoms with van der Waals surface area (Å²) in [6.45, 7) is 2.18. The molecule has 2 nitrogen and oxygen atoms in total. The molecule has 0 fully saturated rings. The van der Waals surface area contributed by atoms with Gasteiger partial charge in [0.05, 0.1) is 5.69 Å². The van der Waals surface area contributed by atoms with E-state index in [1.807, 2.05) is 19.3 Å². The molecular weight excluding hydrogens is 232 g/mol. The van der Waals surface area contributed by atoms with Gasteiger partial charge >= 0.3 is 0 Å². The number of hydrogen-bond acceptors (Lipinski definition) is 2. The third kappa shape index (κ3) is 2.28. The number of pyridine rings is 1. The lowest BCUT2D eigenvalue weighted by Crippen LogP contribution is -2.12. The third-order valence-electron chi connectivity index (χ3n) is 4.23. The molecular formula is C17H20N2. The van der Waals surface area contributed by atoms with Crippen molar-refractivity contribution in [2.75, 3.05) is 7.05 Å². The van der Waals surface area contributed by atoms with Crippen molar-refractivity contribution in [1.29, 1.82) is 0 Å². The average Bonchev–Trinajstić information content (AvgIpc) is 2.90. The van der Waals surface area contributed by atoms with Crippen molar-refractivity contribution in [3.05, 3.63) is 65.0 Å². The fourth-order valence-corrected chi connectivity index (χ4v) is 2.92. The fourth-order valence-electron chi connectivity index (χ4n) is 2.92. The van der Waals surface area contributed by atoms with Crippen LogP contribution in [-0.2, 0) is 6.42 Å². The van der Waals surface area contributed by atoms with Crippen molar-refractivity contribution in [2.45, 2.75) is 31.7 Å². The summed E-state index contributed by atoms with van der Waals surface area (Å²) < 4.78 is 0. The monoisotopic (exact) mass is 252 g/mol. The van der Waals surface area contributed by atoms with Crippen molar-refractivity contribution < 1.29 is 0 Å². The molecule has 1 heterocycles. The van der Waals surface area contributed by atoms with Gasteiger partial charge in [0.15, 0.2) is 0 Å². The molecule has 0 spiro atoms. The maximum absolute atomic E-state index is 4.58. The molecule has 0 radical (unpaired) electrons. The number of nitrogens with zero attached hydrogens (tertiary/aromatic N) is 1. The van der Waals surface area contributed by atoms with E-state index in [1.54, 1.807) is 0 Å². The van der Waals surface area contributed by atoms with Crippen LogP contribution >= 0.6 is 0 Å². The van der Waals surface area contributed by atoms with Gasteiger partial charge in [-0.25, -0.2) is 0 Å². The molecule has 2 aromatic rings. The van der Waals surface area contributed by atoms with Crippen LogP contribution in [0.1, 0.15) is 47.7 Å². The zero-order valence-electron chi connectivity index (χ0n) is 11.6. The minimum Gasteiger partial charge on any atom is -0.313 e. The first-order valence-electron chi connectivity index (χ1n) is 7.00. The van der Waals surface area contributed by atoms with E-state index in [1.165, 1.54) is 28.8 Å². The first-order valence-corrected chi connectivity index (χ1v) is 7.00. The van der Waals surface area contributed by atoms with Gasteiger partial charge in [-0.05, 0) is 49.6 Å². The summed E-state index contributed by atoms with van der Waals surface area (Å²) >= 11 is 0. The molecule has 0 saturated heterocycles. The molecule has 1 aromatic carbocycles. The lowest BCUT2D eigenvalue weighted by Gasteiger charge is -2.14. The first-order chi connectivity index (χ1) is 9.29. The summed E-state index contributed by atoms with van der Waals surface area (Å²) in [4.78, 5) is 4.58. The summed E-state index contributed by atoms with van der Waals surface area (Å²) in [5.41, 5.74) is 5.42. The SMILES string of the molecule is CNC(C)c1ccc(C2CCc3cccnc32)cc1. The topological polar surface area (TPSA) is 24.9 Å². The van der Waals surface area contributed by atoms with E-state index in [9.17, 15) is 0 Å². The van der Waals surface area contributed by atoms with Crippen LogP contribution < -0.4 is 5.32 Å². The smallest absolute Gasteiger partial charge is 0.0510 e. The van der Waals surface area contributed by atoms with E-state index in [0.717, 1.165) is 6.42 Å². The molecule has 3 rings (SSSR count). The zero-order valence-corrected chi connectivity index (χ0v) is 11.6. The molecule has 0 amide bonds. The number of fused-ring (bicyclic) bond motifs is 1. The number of nitrogens with one attached hydrogen (secondary N) is 1. The summed E-state index contributed by atoms with van der Waals surface area (Å²) in [7, 11) is 2.00. The Labute approximate surface area is 114 Å². The van der Waals surface area contributed by atoms with Gasteiger partial charge in [0, 0.05) is 18.2 Å². The minimum absolute atomic E-state index is 0.406. The highest BCUT2D eigenvalue weighted by atomic mass is 14.8. The molecule has 98 valence electrons. The van der Waals surface area contributed by atoms with Gasteiger partial charge in [0.2, 0.25) is 0 Å². The predicted molar refractivity (Wildman–Crippen MR) is 78.3 cm³/mol. The molecule has 1 aliphatic rings. The summed E-state index contributed by atoms with van der Waals surface area (Å²) in [5, 5.41) is 3.27. The van der Waals surface area contributed by atoms with Crippen molar-refractivity contribution in [1.82, 2.24) is 10.3 Å². The number of hydrogen-bond donors (Lipinski definition) is 1. The third-order valence-corrected chi connectivity index (χ3v) is 4.23. The normalized spacial score (nSPS) is 19.2. The van der Waals surface area contributed by atoms with Gasteiger partial charge in [-0.3, -0.25) is 4.98 Å². The Morgan fingerprint density at radius 1 is 1.21 bits per heavy atom. The number of benzene rings is 1. The average molecular weight is 252 g/mol. The van der Waals surface area contributed by atoms with Gasteiger partial charge in [0.1, 0.15) is 0 Å². The van der Waals surface area contributed by atoms with Crippen molar-refractivity contribution >= 4 is 0 Å². The minimum atomic E-state index is 0.406. The predicted octanol–water partition coefficient (Wildman–Crippen LogP) is 3.44. The second-order valence-electron chi connectivity index (χ2n) is 5.32. The highest BCUT2D eigenvalue weighted by molar-refractivity contribution is 5.39. The van der Waals surface area contributed by atoms with Crippen molar-refractivity contribution in [3.63, 3.8) is 0 Å². The standard InChI is InChI=1S/C17H20N2/c1-12(18-2)13-5-7-14(8-6-13)16-10-9-15-4-3-11-19-17(15)16/h3-8,11-12,16,18H,9-10H2,1-2H3. The van der Waals surface area contributed by atoms with Crippen molar-refractivity contribution in [2.24, 2.45) is 0 Å². The van der Waals surface area contributed by atoms with Crippen LogP contribution in [0.4, 0.5) is 0 Å². The van der Waals surface area contributed by atoms with E-state index < -0.39 is 0 Å². The Balaban J connectivity index is 1.88. The molecule has 2 heteroatoms. The molecule has 1 aromatic heterocycles. The number of aromatic nitrogens is 1. The molecule has 0 aliphatic heterocycles. The molecule has 1 aliphatic carbocycles. The quantitative estimate of drug-likeness (QED) is 0.905. The van der Waals surface area contributed by atoms with Crippen LogP contribution in [0.5, 0.6) is 0 Å². The van der Waals surface area contributed by atoms with Gasteiger partial charge in [-0.15, -0.1) is 0 Å². The maximum Gasteiger partial charge on any atom is 0.0510 e. The Morgan fingerprint density at radius 2 is 2.00 bits per heavy atom. The van der Waals surface area contributed by atoms with E-state index >= 15 is 0 Å². The maximum atomic E-state index is 4.58. The van der Waals surface area contributed by atoms with Gasteiger partial charge in [-0.2, -0.15) is 0 Å². The summed E-state index contributed by atoms with van der Waals surface area (Å²) in [6, 6.07) is 13.6. The summed E-state index contributed by atoms with van der Waals surface area (Å²) in [6.07, 6.45) is 4.25. The molecule has 2 unspecified atom stereocenters. The van der Waals surface area contributed by atoms with E-state index in [2.05, 4.69) is 47.6 Å². The number of rotatable bonds is 3. The Kier molecular flexibility index (Phi) is 3.34. The number of aryl methyl sites for hydroxylation is 1. The van der Waals surface area contributed by atoms with Gasteiger partial charge in [-0.1, -0.05) is 30.3 Å². The summed E-state index contributed by atoms with van der Waals surface area (Å²) in [5.74, 6) is 0.482. The van der Waals surface area contributed by atoms with Crippen LogP contribution in [0.25, 0.3) is 0 Å². The van der Waals surface area contributed by atoms with E-state index in [-0.39, 0.29) is 0 Å². The van der Waals surface area contributed by atoms with Gasteiger partial charge < -0.3 is 5.32 Å². The molecule has 19 heavy (non-hydrogen) atoms. The molecule has 1 N–H and O–H groups in total. The fraction of sp³-hybridized carbons (Fsp3) is 0.353. The molecule has 0 saturated carbocycles. The Bertz CT molecular complexity index is 560.